The first-order valence-corrected chi connectivity index (χ1v) is 6.78. The molecule has 0 aliphatic heterocycles. The van der Waals surface area contributed by atoms with E-state index < -0.39 is 17.5 Å². The smallest absolute Gasteiger partial charge is 0.376 e. The molecule has 0 amide bonds. The van der Waals surface area contributed by atoms with Crippen LogP contribution in [0.25, 0.3) is 5.76 Å². The number of carbonyl (C=O) groups is 3. The van der Waals surface area contributed by atoms with Gasteiger partial charge in [0.05, 0.1) is 0 Å². The van der Waals surface area contributed by atoms with Gasteiger partial charge in [-0.25, -0.2) is 4.79 Å². The van der Waals surface area contributed by atoms with Gasteiger partial charge in [0.15, 0.2) is 5.78 Å². The first-order chi connectivity index (χ1) is 10.9. The third-order valence-corrected chi connectivity index (χ3v) is 3.21. The molecule has 0 bridgehead atoms. The van der Waals surface area contributed by atoms with Crippen molar-refractivity contribution in [2.45, 2.75) is 6.92 Å². The summed E-state index contributed by atoms with van der Waals surface area (Å²) < 4.78 is 0. The highest BCUT2D eigenvalue weighted by Crippen LogP contribution is 2.17. The van der Waals surface area contributed by atoms with E-state index in [0.717, 1.165) is 5.56 Å². The number of benzene rings is 2. The van der Waals surface area contributed by atoms with Crippen molar-refractivity contribution in [2.24, 2.45) is 0 Å². The summed E-state index contributed by atoms with van der Waals surface area (Å²) in [6, 6.07) is 13.1. The summed E-state index contributed by atoms with van der Waals surface area (Å²) in [6.07, 6.45) is 0.609. The lowest BCUT2D eigenvalue weighted by atomic mass is 10.00. The molecule has 0 fully saturated rings. The lowest BCUT2D eigenvalue weighted by Gasteiger charge is -2.05. The van der Waals surface area contributed by atoms with Crippen molar-refractivity contribution in [1.82, 2.24) is 0 Å². The second kappa shape index (κ2) is 6.70. The summed E-state index contributed by atoms with van der Waals surface area (Å²) >= 11 is 0. The van der Waals surface area contributed by atoms with E-state index in [9.17, 15) is 19.5 Å². The number of hydrogen-bond acceptors (Lipinski definition) is 4. The number of aliphatic hydroxyl groups excluding tert-OH is 1. The van der Waals surface area contributed by atoms with E-state index in [1.54, 1.807) is 24.3 Å². The number of aliphatic hydroxyl groups is 1. The van der Waals surface area contributed by atoms with Crippen LogP contribution < -0.4 is 0 Å². The van der Waals surface area contributed by atoms with Gasteiger partial charge in [0.25, 0.3) is 5.78 Å². The Bertz CT molecular complexity index is 800. The minimum atomic E-state index is -1.66. The van der Waals surface area contributed by atoms with Gasteiger partial charge in [-0.2, -0.15) is 0 Å². The summed E-state index contributed by atoms with van der Waals surface area (Å²) in [5.41, 5.74) is 2.05. The van der Waals surface area contributed by atoms with Crippen LogP contribution >= 0.6 is 0 Å². The first-order valence-electron chi connectivity index (χ1n) is 6.78. The number of aliphatic carboxylic acids is 1. The number of hydrogen-bond donors (Lipinski definition) is 2. The molecule has 2 aromatic carbocycles. The number of carboxylic acid groups (broad SMARTS) is 1. The molecule has 5 nitrogen and oxygen atoms in total. The van der Waals surface area contributed by atoms with Gasteiger partial charge < -0.3 is 10.2 Å². The van der Waals surface area contributed by atoms with E-state index in [1.807, 2.05) is 19.1 Å². The van der Waals surface area contributed by atoms with Gasteiger partial charge in [0.1, 0.15) is 5.76 Å². The quantitative estimate of drug-likeness (QED) is 0.383. The van der Waals surface area contributed by atoms with Crippen LogP contribution in [0.5, 0.6) is 0 Å². The van der Waals surface area contributed by atoms with Crippen molar-refractivity contribution in [1.29, 1.82) is 0 Å². The van der Waals surface area contributed by atoms with Crippen molar-refractivity contribution in [3.8, 4) is 0 Å². The number of carbonyl (C=O) groups excluding carboxylic acids is 2. The molecule has 0 saturated carbocycles. The van der Waals surface area contributed by atoms with Crippen LogP contribution in [0.3, 0.4) is 0 Å². The highest BCUT2D eigenvalue weighted by Gasteiger charge is 2.13. The molecular formula is C18H14O5. The van der Waals surface area contributed by atoms with Crippen LogP contribution in [0.15, 0.2) is 54.6 Å². The van der Waals surface area contributed by atoms with Crippen LogP contribution in [-0.4, -0.2) is 27.7 Å². The maximum absolute atomic E-state index is 12.4. The van der Waals surface area contributed by atoms with Gasteiger partial charge in [-0.3, -0.25) is 9.59 Å². The van der Waals surface area contributed by atoms with Gasteiger partial charge >= 0.3 is 5.97 Å². The Labute approximate surface area is 132 Å². The van der Waals surface area contributed by atoms with Gasteiger partial charge in [0, 0.05) is 22.8 Å². The highest BCUT2D eigenvalue weighted by atomic mass is 16.4. The zero-order valence-electron chi connectivity index (χ0n) is 12.3. The zero-order valence-corrected chi connectivity index (χ0v) is 12.3. The van der Waals surface area contributed by atoms with Crippen LogP contribution in [0.1, 0.15) is 27.0 Å². The Morgan fingerprint density at radius 3 is 2.09 bits per heavy atom. The third kappa shape index (κ3) is 3.91. The summed E-state index contributed by atoms with van der Waals surface area (Å²) in [5, 5.41) is 18.4. The van der Waals surface area contributed by atoms with Crippen molar-refractivity contribution >= 4 is 23.3 Å². The van der Waals surface area contributed by atoms with Crippen molar-refractivity contribution in [3.63, 3.8) is 0 Å². The average Bonchev–Trinajstić information content (AvgIpc) is 2.54. The molecule has 0 unspecified atom stereocenters. The van der Waals surface area contributed by atoms with Gasteiger partial charge in [-0.15, -0.1) is 0 Å². The number of rotatable bonds is 5. The van der Waals surface area contributed by atoms with E-state index in [1.165, 1.54) is 12.1 Å². The van der Waals surface area contributed by atoms with Crippen LogP contribution in [0.4, 0.5) is 0 Å². The number of aryl methyl sites for hydroxylation is 1. The largest absolute Gasteiger partial charge is 0.507 e. The number of carboxylic acids is 1. The molecule has 116 valence electrons. The first kappa shape index (κ1) is 16.2. The van der Waals surface area contributed by atoms with E-state index in [0.29, 0.717) is 17.2 Å². The molecule has 23 heavy (non-hydrogen) atoms. The van der Waals surface area contributed by atoms with Crippen molar-refractivity contribution in [2.75, 3.05) is 0 Å². The lowest BCUT2D eigenvalue weighted by Crippen LogP contribution is -2.09. The molecule has 0 aliphatic carbocycles. The summed E-state index contributed by atoms with van der Waals surface area (Å²) in [5.74, 6) is -3.64. The zero-order chi connectivity index (χ0) is 17.0. The van der Waals surface area contributed by atoms with E-state index in [-0.39, 0.29) is 11.3 Å². The molecule has 2 aromatic rings. The second-order valence-electron chi connectivity index (χ2n) is 4.97. The Kier molecular flexibility index (Phi) is 4.71. The summed E-state index contributed by atoms with van der Waals surface area (Å²) in [7, 11) is 0. The Hall–Kier alpha value is -3.21. The predicted molar refractivity (Wildman–Crippen MR) is 84.3 cm³/mol. The minimum absolute atomic E-state index is 0.192. The maximum Gasteiger partial charge on any atom is 0.376 e. The lowest BCUT2D eigenvalue weighted by molar-refractivity contribution is -0.146. The van der Waals surface area contributed by atoms with Crippen molar-refractivity contribution in [3.05, 3.63) is 76.9 Å². The fraction of sp³-hybridized carbons (Fsp3) is 0.0556. The highest BCUT2D eigenvalue weighted by molar-refractivity contribution is 6.38. The van der Waals surface area contributed by atoms with Crippen molar-refractivity contribution < 1.29 is 24.6 Å². The molecule has 2 N–H and O–H groups in total. The van der Waals surface area contributed by atoms with Gasteiger partial charge in [0.2, 0.25) is 0 Å². The average molecular weight is 310 g/mol. The second-order valence-corrected chi connectivity index (χ2v) is 4.97. The van der Waals surface area contributed by atoms with E-state index >= 15 is 0 Å². The van der Waals surface area contributed by atoms with Gasteiger partial charge in [-0.05, 0) is 13.0 Å². The molecule has 0 aliphatic rings. The normalized spacial score (nSPS) is 11.1. The SMILES string of the molecule is Cc1ccc(C(=O)c2cccc(/C(O)=C/C(=O)C(=O)O)c2)cc1. The van der Waals surface area contributed by atoms with Gasteiger partial charge in [-0.1, -0.05) is 48.0 Å². The molecule has 0 spiro atoms. The topological polar surface area (TPSA) is 91.7 Å². The molecular weight excluding hydrogens is 296 g/mol. The fourth-order valence-electron chi connectivity index (χ4n) is 1.96. The van der Waals surface area contributed by atoms with Crippen LogP contribution in [-0.2, 0) is 9.59 Å². The third-order valence-electron chi connectivity index (χ3n) is 3.21. The Morgan fingerprint density at radius 2 is 1.48 bits per heavy atom. The van der Waals surface area contributed by atoms with E-state index in [4.69, 9.17) is 5.11 Å². The Morgan fingerprint density at radius 1 is 0.870 bits per heavy atom. The minimum Gasteiger partial charge on any atom is -0.507 e. The standard InChI is InChI=1S/C18H14O5/c1-11-5-7-12(8-6-11)17(21)14-4-2-3-13(9-14)15(19)10-16(20)18(22)23/h2-10,19H,1H3,(H,22,23)/b15-10-. The monoisotopic (exact) mass is 310 g/mol. The maximum atomic E-state index is 12.4. The van der Waals surface area contributed by atoms with E-state index in [2.05, 4.69) is 0 Å². The predicted octanol–water partition coefficient (Wildman–Crippen LogP) is 2.78. The molecule has 0 heterocycles. The molecule has 0 saturated heterocycles. The molecule has 2 rings (SSSR count). The molecule has 0 atom stereocenters. The molecule has 5 heteroatoms. The van der Waals surface area contributed by atoms with Crippen LogP contribution in [0.2, 0.25) is 0 Å². The fourth-order valence-corrected chi connectivity index (χ4v) is 1.96. The molecule has 0 aromatic heterocycles. The molecule has 0 radical (unpaired) electrons. The summed E-state index contributed by atoms with van der Waals surface area (Å²) in [4.78, 5) is 34.0. The van der Waals surface area contributed by atoms with Crippen LogP contribution in [0, 0.1) is 6.92 Å². The Balaban J connectivity index is 2.33. The summed E-state index contributed by atoms with van der Waals surface area (Å²) in [6.45, 7) is 1.91. The number of ketones is 2.